The molecule has 140 valence electrons. The normalized spacial score (nSPS) is 17.2. The Bertz CT molecular complexity index is 837. The van der Waals surface area contributed by atoms with Crippen LogP contribution in [-0.2, 0) is 6.54 Å². The SMILES string of the molecule is CCCN(C(=O)c1nn(CC(C)C)c(=O)c2ccccc12)C1CCNC1. The Labute approximate surface area is 154 Å². The first-order chi connectivity index (χ1) is 12.5. The van der Waals surface area contributed by atoms with E-state index in [0.29, 0.717) is 29.6 Å². The van der Waals surface area contributed by atoms with Crippen molar-refractivity contribution >= 4 is 16.7 Å². The predicted octanol–water partition coefficient (Wildman–Crippen LogP) is 2.27. The van der Waals surface area contributed by atoms with Gasteiger partial charge in [0.1, 0.15) is 0 Å². The topological polar surface area (TPSA) is 67.2 Å². The smallest absolute Gasteiger partial charge is 0.275 e. The Kier molecular flexibility index (Phi) is 5.71. The molecule has 2 heterocycles. The van der Waals surface area contributed by atoms with Crippen LogP contribution in [0.5, 0.6) is 0 Å². The number of aromatic nitrogens is 2. The van der Waals surface area contributed by atoms with Crippen molar-refractivity contribution in [1.82, 2.24) is 20.0 Å². The minimum atomic E-state index is -0.129. The molecule has 1 aromatic heterocycles. The second-order valence-electron chi connectivity index (χ2n) is 7.42. The van der Waals surface area contributed by atoms with Crippen molar-refractivity contribution in [2.45, 2.75) is 46.2 Å². The molecular weight excluding hydrogens is 328 g/mol. The zero-order valence-corrected chi connectivity index (χ0v) is 15.9. The molecular formula is C20H28N4O2. The van der Waals surface area contributed by atoms with E-state index in [1.807, 2.05) is 36.9 Å². The lowest BCUT2D eigenvalue weighted by atomic mass is 10.1. The number of fused-ring (bicyclic) bond motifs is 1. The van der Waals surface area contributed by atoms with Gasteiger partial charge >= 0.3 is 0 Å². The van der Waals surface area contributed by atoms with E-state index in [1.54, 1.807) is 6.07 Å². The van der Waals surface area contributed by atoms with Crippen molar-refractivity contribution in [2.24, 2.45) is 5.92 Å². The second kappa shape index (κ2) is 7.99. The lowest BCUT2D eigenvalue weighted by Gasteiger charge is -2.28. The van der Waals surface area contributed by atoms with E-state index in [9.17, 15) is 9.59 Å². The van der Waals surface area contributed by atoms with Crippen LogP contribution in [0, 0.1) is 5.92 Å². The fraction of sp³-hybridized carbons (Fsp3) is 0.550. The molecule has 1 fully saturated rings. The standard InChI is InChI=1S/C20H28N4O2/c1-4-11-23(15-9-10-21-12-15)20(26)18-16-7-5-6-8-17(16)19(25)24(22-18)13-14(2)3/h5-8,14-15,21H,4,9-13H2,1-3H3. The predicted molar refractivity (Wildman–Crippen MR) is 103 cm³/mol. The van der Waals surface area contributed by atoms with Crippen LogP contribution >= 0.6 is 0 Å². The number of rotatable bonds is 6. The Hall–Kier alpha value is -2.21. The molecule has 0 bridgehead atoms. The summed E-state index contributed by atoms with van der Waals surface area (Å²) >= 11 is 0. The van der Waals surface area contributed by atoms with Crippen molar-refractivity contribution in [2.75, 3.05) is 19.6 Å². The molecule has 26 heavy (non-hydrogen) atoms. The van der Waals surface area contributed by atoms with E-state index in [-0.39, 0.29) is 23.4 Å². The summed E-state index contributed by atoms with van der Waals surface area (Å²) < 4.78 is 1.46. The highest BCUT2D eigenvalue weighted by Gasteiger charge is 2.29. The van der Waals surface area contributed by atoms with Crippen LogP contribution in [0.3, 0.4) is 0 Å². The number of carbonyl (C=O) groups excluding carboxylic acids is 1. The molecule has 2 aromatic rings. The van der Waals surface area contributed by atoms with Gasteiger partial charge in [-0.2, -0.15) is 5.10 Å². The quantitative estimate of drug-likeness (QED) is 0.862. The van der Waals surface area contributed by atoms with E-state index in [2.05, 4.69) is 17.3 Å². The highest BCUT2D eigenvalue weighted by atomic mass is 16.2. The Morgan fingerprint density at radius 2 is 2.08 bits per heavy atom. The van der Waals surface area contributed by atoms with Gasteiger partial charge in [0.2, 0.25) is 0 Å². The van der Waals surface area contributed by atoms with Crippen molar-refractivity contribution in [1.29, 1.82) is 0 Å². The number of hydrogen-bond donors (Lipinski definition) is 1. The zero-order chi connectivity index (χ0) is 18.7. The largest absolute Gasteiger partial charge is 0.333 e. The maximum Gasteiger partial charge on any atom is 0.275 e. The summed E-state index contributed by atoms with van der Waals surface area (Å²) in [5, 5.41) is 9.05. The highest BCUT2D eigenvalue weighted by molar-refractivity contribution is 6.04. The molecule has 1 unspecified atom stereocenters. The molecule has 0 aliphatic carbocycles. The summed E-state index contributed by atoms with van der Waals surface area (Å²) in [4.78, 5) is 28.1. The van der Waals surface area contributed by atoms with Gasteiger partial charge in [-0.15, -0.1) is 0 Å². The number of amides is 1. The van der Waals surface area contributed by atoms with Crippen LogP contribution in [0.25, 0.3) is 10.8 Å². The van der Waals surface area contributed by atoms with Gasteiger partial charge < -0.3 is 10.2 Å². The maximum absolute atomic E-state index is 13.4. The molecule has 1 aliphatic heterocycles. The summed E-state index contributed by atoms with van der Waals surface area (Å²) in [6.45, 7) is 9.10. The van der Waals surface area contributed by atoms with Crippen LogP contribution in [0.2, 0.25) is 0 Å². The number of nitrogens with zero attached hydrogens (tertiary/aromatic N) is 3. The maximum atomic E-state index is 13.4. The van der Waals surface area contributed by atoms with Crippen LogP contribution < -0.4 is 10.9 Å². The summed E-state index contributed by atoms with van der Waals surface area (Å²) in [6.07, 6.45) is 1.85. The van der Waals surface area contributed by atoms with Gasteiger partial charge in [-0.3, -0.25) is 9.59 Å². The molecule has 6 nitrogen and oxygen atoms in total. The molecule has 1 aromatic carbocycles. The third kappa shape index (κ3) is 3.65. The molecule has 0 radical (unpaired) electrons. The average molecular weight is 356 g/mol. The molecule has 1 atom stereocenters. The van der Waals surface area contributed by atoms with Gasteiger partial charge in [0.15, 0.2) is 5.69 Å². The van der Waals surface area contributed by atoms with Crippen molar-refractivity contribution in [3.63, 3.8) is 0 Å². The molecule has 6 heteroatoms. The van der Waals surface area contributed by atoms with Crippen molar-refractivity contribution < 1.29 is 4.79 Å². The van der Waals surface area contributed by atoms with Gasteiger partial charge in [-0.25, -0.2) is 4.68 Å². The lowest BCUT2D eigenvalue weighted by Crippen LogP contribution is -2.43. The van der Waals surface area contributed by atoms with Crippen LogP contribution in [0.1, 0.15) is 44.1 Å². The van der Waals surface area contributed by atoms with Crippen LogP contribution in [-0.4, -0.2) is 46.3 Å². The second-order valence-corrected chi connectivity index (χ2v) is 7.42. The Morgan fingerprint density at radius 3 is 2.69 bits per heavy atom. The number of carbonyl (C=O) groups is 1. The number of nitrogens with one attached hydrogen (secondary N) is 1. The van der Waals surface area contributed by atoms with Crippen molar-refractivity contribution in [3.8, 4) is 0 Å². The van der Waals surface area contributed by atoms with E-state index in [4.69, 9.17) is 0 Å². The van der Waals surface area contributed by atoms with Gasteiger partial charge in [-0.1, -0.05) is 39.0 Å². The van der Waals surface area contributed by atoms with Gasteiger partial charge in [-0.05, 0) is 31.4 Å². The summed E-state index contributed by atoms with van der Waals surface area (Å²) in [6, 6.07) is 7.49. The molecule has 0 spiro atoms. The molecule has 1 amide bonds. The average Bonchev–Trinajstić information content (AvgIpc) is 3.15. The first kappa shape index (κ1) is 18.6. The summed E-state index contributed by atoms with van der Waals surface area (Å²) in [5.41, 5.74) is 0.261. The minimum Gasteiger partial charge on any atom is -0.333 e. The first-order valence-corrected chi connectivity index (χ1v) is 9.54. The van der Waals surface area contributed by atoms with Crippen LogP contribution in [0.15, 0.2) is 29.1 Å². The van der Waals surface area contributed by atoms with E-state index in [1.165, 1.54) is 4.68 Å². The molecule has 0 saturated carbocycles. The van der Waals surface area contributed by atoms with E-state index >= 15 is 0 Å². The van der Waals surface area contributed by atoms with E-state index < -0.39 is 0 Å². The molecule has 3 rings (SSSR count). The van der Waals surface area contributed by atoms with Gasteiger partial charge in [0, 0.05) is 31.1 Å². The lowest BCUT2D eigenvalue weighted by molar-refractivity contribution is 0.0685. The van der Waals surface area contributed by atoms with E-state index in [0.717, 1.165) is 25.9 Å². The molecule has 1 saturated heterocycles. The van der Waals surface area contributed by atoms with Gasteiger partial charge in [0.05, 0.1) is 5.39 Å². The number of hydrogen-bond acceptors (Lipinski definition) is 4. The third-order valence-electron chi connectivity index (χ3n) is 4.81. The fourth-order valence-corrected chi connectivity index (χ4v) is 3.60. The molecule has 1 N–H and O–H groups in total. The van der Waals surface area contributed by atoms with Crippen molar-refractivity contribution in [3.05, 3.63) is 40.3 Å². The number of benzene rings is 1. The zero-order valence-electron chi connectivity index (χ0n) is 15.9. The highest BCUT2D eigenvalue weighted by Crippen LogP contribution is 2.19. The fourth-order valence-electron chi connectivity index (χ4n) is 3.60. The summed E-state index contributed by atoms with van der Waals surface area (Å²) in [5.74, 6) is 0.198. The summed E-state index contributed by atoms with van der Waals surface area (Å²) in [7, 11) is 0. The first-order valence-electron chi connectivity index (χ1n) is 9.54. The third-order valence-corrected chi connectivity index (χ3v) is 4.81. The minimum absolute atomic E-state index is 0.0748. The molecule has 1 aliphatic rings. The van der Waals surface area contributed by atoms with Crippen LogP contribution in [0.4, 0.5) is 0 Å². The monoisotopic (exact) mass is 356 g/mol. The Balaban J connectivity index is 2.11. The Morgan fingerprint density at radius 1 is 1.35 bits per heavy atom. The van der Waals surface area contributed by atoms with Gasteiger partial charge in [0.25, 0.3) is 11.5 Å².